The molecule has 6 atom stereocenters. The number of ether oxygens (including phenoxy) is 4. The third-order valence-electron chi connectivity index (χ3n) is 8.77. The lowest BCUT2D eigenvalue weighted by Gasteiger charge is -2.32. The minimum absolute atomic E-state index is 0.0679. The zero-order valence-corrected chi connectivity index (χ0v) is 32.1. The normalized spacial score (nSPS) is 20.9. The Hall–Kier alpha value is -4.15. The van der Waals surface area contributed by atoms with Crippen LogP contribution >= 0.6 is 22.6 Å². The molecule has 0 saturated carbocycles. The van der Waals surface area contributed by atoms with E-state index in [4.69, 9.17) is 18.9 Å². The summed E-state index contributed by atoms with van der Waals surface area (Å²) in [6.07, 6.45) is -2.53. The van der Waals surface area contributed by atoms with Crippen LogP contribution in [0.15, 0.2) is 96.6 Å². The monoisotopic (exact) mass is 840 g/mol. The molecule has 1 aliphatic heterocycles. The van der Waals surface area contributed by atoms with Crippen molar-refractivity contribution in [2.45, 2.75) is 94.8 Å². The first-order valence-electron chi connectivity index (χ1n) is 17.5. The number of hydrogen-bond donors (Lipinski definition) is 4. The fourth-order valence-electron chi connectivity index (χ4n) is 6.24. The topological polar surface area (TPSA) is 170 Å². The van der Waals surface area contributed by atoms with Crippen molar-refractivity contribution in [3.63, 3.8) is 0 Å². The molecule has 13 heteroatoms. The third kappa shape index (κ3) is 9.89. The predicted octanol–water partition coefficient (Wildman–Crippen LogP) is 4.30. The molecule has 3 aromatic rings. The summed E-state index contributed by atoms with van der Waals surface area (Å²) in [6.45, 7) is 6.06. The number of hydrogen-bond acceptors (Lipinski definition) is 10. The summed E-state index contributed by atoms with van der Waals surface area (Å²) in [5.41, 5.74) is 1.19. The number of fused-ring (bicyclic) bond motifs is 1. The van der Waals surface area contributed by atoms with Crippen LogP contribution < -0.4 is 10.6 Å². The van der Waals surface area contributed by atoms with Crippen LogP contribution in [0.1, 0.15) is 68.4 Å². The van der Waals surface area contributed by atoms with Gasteiger partial charge in [0.05, 0.1) is 24.3 Å². The second kappa shape index (κ2) is 17.3. The molecule has 5 rings (SSSR count). The van der Waals surface area contributed by atoms with Crippen LogP contribution in [0, 0.1) is 3.57 Å². The Bertz CT molecular complexity index is 1750. The van der Waals surface area contributed by atoms with Gasteiger partial charge in [0.25, 0.3) is 0 Å². The van der Waals surface area contributed by atoms with Crippen molar-refractivity contribution in [2.75, 3.05) is 6.61 Å². The average molecular weight is 841 g/mol. The van der Waals surface area contributed by atoms with Gasteiger partial charge in [-0.05, 0) is 74.9 Å². The van der Waals surface area contributed by atoms with E-state index in [1.165, 1.54) is 6.92 Å². The Labute approximate surface area is 322 Å². The van der Waals surface area contributed by atoms with Gasteiger partial charge in [0, 0.05) is 33.1 Å². The predicted molar refractivity (Wildman–Crippen MR) is 202 cm³/mol. The van der Waals surface area contributed by atoms with Crippen molar-refractivity contribution in [1.29, 1.82) is 0 Å². The van der Waals surface area contributed by atoms with Gasteiger partial charge in [0.2, 0.25) is 17.6 Å². The van der Waals surface area contributed by atoms with E-state index in [0.29, 0.717) is 20.3 Å². The van der Waals surface area contributed by atoms with Gasteiger partial charge in [-0.25, -0.2) is 4.79 Å². The summed E-state index contributed by atoms with van der Waals surface area (Å²) in [7, 11) is 0. The molecule has 2 amide bonds. The zero-order chi connectivity index (χ0) is 38.3. The molecule has 1 heterocycles. The first-order valence-corrected chi connectivity index (χ1v) is 18.5. The maximum atomic E-state index is 13.9. The van der Waals surface area contributed by atoms with Gasteiger partial charge < -0.3 is 39.8 Å². The van der Waals surface area contributed by atoms with Gasteiger partial charge in [-0.1, -0.05) is 72.8 Å². The molecule has 3 aromatic carbocycles. The lowest BCUT2D eigenvalue weighted by Crippen LogP contribution is -2.55. The number of aliphatic hydroxyl groups is 2. The highest BCUT2D eigenvalue weighted by atomic mass is 127. The molecule has 282 valence electrons. The Balaban J connectivity index is 1.40. The van der Waals surface area contributed by atoms with Crippen molar-refractivity contribution in [1.82, 2.24) is 10.6 Å². The van der Waals surface area contributed by atoms with Gasteiger partial charge in [0.15, 0.2) is 0 Å². The SMILES string of the molecule is CC(O)C(NC(=O)C1=CC2OC(c3ccccc3)(c3ccccc3)OC2C(OC(=O)c2ccccc2I)C1)C(=O)NC(CO)CCC(=O)OC(C)(C)C. The van der Waals surface area contributed by atoms with E-state index in [9.17, 15) is 29.4 Å². The molecule has 1 fully saturated rings. The van der Waals surface area contributed by atoms with Gasteiger partial charge in [-0.2, -0.15) is 0 Å². The number of carbonyl (C=O) groups excluding carboxylic acids is 4. The standard InChI is InChI=1S/C40H45IN2O10/c1-24(45)34(37(48)42-28(23-44)19-20-33(46)52-39(2,3)4)43-36(47)25-21-31(50-38(49)29-17-11-12-18-30(29)41)35-32(22-25)51-40(53-35,26-13-7-5-8-14-26)27-15-9-6-10-16-27/h5-18,22,24,28,31-32,34-35,44-45H,19-21,23H2,1-4H3,(H,42,48)(H,43,47). The minimum Gasteiger partial charge on any atom is -0.460 e. The van der Waals surface area contributed by atoms with Gasteiger partial charge in [-0.15, -0.1) is 0 Å². The van der Waals surface area contributed by atoms with Crippen LogP contribution in [0.5, 0.6) is 0 Å². The maximum absolute atomic E-state index is 13.9. The number of carbonyl (C=O) groups is 4. The molecule has 0 bridgehead atoms. The molecule has 6 unspecified atom stereocenters. The number of rotatable bonds is 13. The number of aliphatic hydroxyl groups excluding tert-OH is 2. The van der Waals surface area contributed by atoms with E-state index in [0.717, 1.165) is 0 Å². The second-order valence-electron chi connectivity index (χ2n) is 14.0. The largest absolute Gasteiger partial charge is 0.460 e. The molecule has 12 nitrogen and oxygen atoms in total. The summed E-state index contributed by atoms with van der Waals surface area (Å²) in [5, 5.41) is 25.8. The summed E-state index contributed by atoms with van der Waals surface area (Å²) >= 11 is 2.05. The summed E-state index contributed by atoms with van der Waals surface area (Å²) in [6, 6.07) is 23.3. The van der Waals surface area contributed by atoms with Gasteiger partial charge in [-0.3, -0.25) is 14.4 Å². The highest BCUT2D eigenvalue weighted by molar-refractivity contribution is 14.1. The lowest BCUT2D eigenvalue weighted by atomic mass is 9.91. The summed E-state index contributed by atoms with van der Waals surface area (Å²) in [4.78, 5) is 53.1. The molecule has 0 aromatic heterocycles. The van der Waals surface area contributed by atoms with Crippen LogP contribution in [0.4, 0.5) is 0 Å². The highest BCUT2D eigenvalue weighted by Crippen LogP contribution is 2.47. The smallest absolute Gasteiger partial charge is 0.339 e. The Kier molecular flexibility index (Phi) is 13.1. The third-order valence-corrected chi connectivity index (χ3v) is 9.71. The molecule has 0 radical (unpaired) electrons. The van der Waals surface area contributed by atoms with Crippen molar-refractivity contribution in [3.8, 4) is 0 Å². The van der Waals surface area contributed by atoms with Crippen LogP contribution in [0.3, 0.4) is 0 Å². The molecule has 1 aliphatic carbocycles. The zero-order valence-electron chi connectivity index (χ0n) is 30.0. The van der Waals surface area contributed by atoms with E-state index in [1.807, 2.05) is 60.7 Å². The van der Waals surface area contributed by atoms with Crippen molar-refractivity contribution < 1.29 is 48.3 Å². The molecule has 53 heavy (non-hydrogen) atoms. The fraction of sp³-hybridized carbons (Fsp3) is 0.400. The summed E-state index contributed by atoms with van der Waals surface area (Å²) < 4.78 is 25.6. The lowest BCUT2D eigenvalue weighted by molar-refractivity contribution is -0.157. The van der Waals surface area contributed by atoms with Crippen LogP contribution in [0.2, 0.25) is 0 Å². The second-order valence-corrected chi connectivity index (χ2v) is 15.2. The first kappa shape index (κ1) is 40.0. The maximum Gasteiger partial charge on any atom is 0.339 e. The van der Waals surface area contributed by atoms with Crippen LogP contribution in [-0.4, -0.2) is 82.7 Å². The van der Waals surface area contributed by atoms with Crippen molar-refractivity contribution in [3.05, 3.63) is 117 Å². The van der Waals surface area contributed by atoms with E-state index in [2.05, 4.69) is 33.2 Å². The van der Waals surface area contributed by atoms with E-state index < -0.39 is 78.2 Å². The number of halogens is 1. The summed E-state index contributed by atoms with van der Waals surface area (Å²) in [5.74, 6) is -3.97. The number of nitrogens with one attached hydrogen (secondary N) is 2. The van der Waals surface area contributed by atoms with Gasteiger partial charge >= 0.3 is 11.9 Å². The van der Waals surface area contributed by atoms with Crippen LogP contribution in [-0.2, 0) is 39.1 Å². The Morgan fingerprint density at radius 2 is 1.53 bits per heavy atom. The van der Waals surface area contributed by atoms with E-state index in [-0.39, 0.29) is 24.8 Å². The van der Waals surface area contributed by atoms with Crippen molar-refractivity contribution in [2.24, 2.45) is 0 Å². The molecule has 4 N–H and O–H groups in total. The van der Waals surface area contributed by atoms with E-state index in [1.54, 1.807) is 51.1 Å². The number of amides is 2. The first-order chi connectivity index (χ1) is 25.2. The molecule has 0 spiro atoms. The highest BCUT2D eigenvalue weighted by Gasteiger charge is 2.55. The Morgan fingerprint density at radius 3 is 2.09 bits per heavy atom. The van der Waals surface area contributed by atoms with Crippen molar-refractivity contribution >= 4 is 46.3 Å². The van der Waals surface area contributed by atoms with Crippen LogP contribution in [0.25, 0.3) is 0 Å². The molecular weight excluding hydrogens is 795 g/mol. The molecule has 2 aliphatic rings. The number of esters is 2. The minimum atomic E-state index is -1.43. The molecule has 1 saturated heterocycles. The molecular formula is C40H45IN2O10. The van der Waals surface area contributed by atoms with Gasteiger partial charge in [0.1, 0.15) is 30.0 Å². The Morgan fingerprint density at radius 1 is 0.925 bits per heavy atom. The fourth-order valence-corrected chi connectivity index (χ4v) is 6.85. The quantitative estimate of drug-likeness (QED) is 0.144. The average Bonchev–Trinajstić information content (AvgIpc) is 3.53. The van der Waals surface area contributed by atoms with E-state index >= 15 is 0 Å². The number of benzene rings is 3.